The van der Waals surface area contributed by atoms with Gasteiger partial charge < -0.3 is 93.4 Å². The number of carboxylic acids is 1. The number of hydrogen-bond acceptors (Lipinski definition) is 25. The topological polar surface area (TPSA) is 366 Å². The molecule has 10 rings (SSSR count). The Morgan fingerprint density at radius 1 is 0.444 bits per heavy atom. The van der Waals surface area contributed by atoms with Crippen LogP contribution in [0.1, 0.15) is 115 Å². The van der Waals surface area contributed by atoms with Crippen molar-refractivity contribution in [3.63, 3.8) is 0 Å². The number of anilines is 5. The number of amides is 7. The van der Waals surface area contributed by atoms with Gasteiger partial charge in [0, 0.05) is 63.0 Å². The second kappa shape index (κ2) is 59.4. The van der Waals surface area contributed by atoms with Crippen molar-refractivity contribution in [1.29, 1.82) is 0 Å². The molecule has 5 aliphatic heterocycles. The average molecular weight is 2280 g/mol. The van der Waals surface area contributed by atoms with Crippen molar-refractivity contribution in [1.82, 2.24) is 24.9 Å². The minimum Gasteiger partial charge on any atom is -0.494 e. The molecule has 808 valence electrons. The largest absolute Gasteiger partial charge is 0.494 e. The minimum atomic E-state index is -1.89. The summed E-state index contributed by atoms with van der Waals surface area (Å²) in [6.07, 6.45) is -9.41. The van der Waals surface area contributed by atoms with E-state index in [0.29, 0.717) is 0 Å². The minimum absolute atomic E-state index is 0.0107. The maximum atomic E-state index is 15.0. The molecule has 144 heavy (non-hydrogen) atoms. The number of carbonyl (C=O) groups is 9. The maximum absolute atomic E-state index is 15.0. The summed E-state index contributed by atoms with van der Waals surface area (Å²) in [7, 11) is 6.66. The number of benzene rings is 5. The molecule has 5 aliphatic rings. The molecule has 0 radical (unpaired) electrons. The second-order valence-electron chi connectivity index (χ2n) is 35.4. The number of methoxy groups -OCH3 is 5. The number of likely N-dealkylation sites (tertiary alicyclic amines) is 4. The van der Waals surface area contributed by atoms with Gasteiger partial charge in [-0.2, -0.15) is 0 Å². The SMILES string of the molecule is CB=S.CC(C)(C)OC(=O)N1C[C@H](F)C[C@H]1C(=O)O.COc1cccc(N(C[C@@H]2C[C@@H](F)CN2)C(=O)OCC(Cl)(Cl)Cl)c1F.COc1cccc(N(C[C@@H]2C[C@@H](F)CN2C(=O)OC(C)(C)C)C(=O)OCC(Cl)(Cl)Cl)c1F.COc1cccc(N)c1F.COc1cccc(NC(=O)[C@@H]2C[C@@H](F)CN2C(=O)OC(C)(C)C)c1F.COc1cccc(NC[C@@H]2C[C@@H](F)CN2C(=O)OC(C)(C)C)c1F.O=C(Cl)OCC(Cl)(Cl)Cl. The van der Waals surface area contributed by atoms with Crippen LogP contribution in [0.15, 0.2) is 91.0 Å². The first kappa shape index (κ1) is 129. The molecule has 0 saturated carbocycles. The fraction of sp³-hybridized carbons (Fsp3) is 0.567. The van der Waals surface area contributed by atoms with Crippen molar-refractivity contribution >= 4 is 217 Å². The number of nitrogens with zero attached hydrogens (tertiary/aromatic N) is 6. The zero-order valence-electron chi connectivity index (χ0n) is 81.6. The third kappa shape index (κ3) is 46.7. The zero-order chi connectivity index (χ0) is 110. The second-order valence-corrected chi connectivity index (χ2v) is 43.7. The van der Waals surface area contributed by atoms with E-state index in [-0.39, 0.29) is 154 Å². The third-order valence-corrected chi connectivity index (χ3v) is 20.2. The Bertz CT molecular complexity index is 5030. The van der Waals surface area contributed by atoms with Gasteiger partial charge in [-0.15, -0.1) is 0 Å². The molecule has 5 fully saturated rings. The Hall–Kier alpha value is -8.83. The van der Waals surface area contributed by atoms with Crippen molar-refractivity contribution in [2.75, 3.05) is 134 Å². The molecule has 6 N–H and O–H groups in total. The van der Waals surface area contributed by atoms with E-state index in [0.717, 1.165) is 19.6 Å². The summed E-state index contributed by atoms with van der Waals surface area (Å²) in [5, 5.41) is 17.1. The van der Waals surface area contributed by atoms with Crippen LogP contribution in [-0.4, -0.2) is 287 Å². The molecule has 7 amide bonds. The molecule has 0 unspecified atom stereocenters. The van der Waals surface area contributed by atoms with Crippen LogP contribution < -0.4 is 55.2 Å². The summed E-state index contributed by atoms with van der Waals surface area (Å²) in [5.74, 6) is -5.12. The predicted molar refractivity (Wildman–Crippen MR) is 535 cm³/mol. The molecule has 5 saturated heterocycles. The number of nitrogens with two attached hydrogens (primary N) is 1. The van der Waals surface area contributed by atoms with Crippen molar-refractivity contribution in [2.45, 2.75) is 217 Å². The van der Waals surface area contributed by atoms with Gasteiger partial charge in [-0.05, 0) is 150 Å². The number of ether oxygens (including phenoxy) is 12. The molecule has 0 spiro atoms. The summed E-state index contributed by atoms with van der Waals surface area (Å²) >= 11 is 58.2. The number of aliphatic carboxylic acids is 1. The van der Waals surface area contributed by atoms with Crippen LogP contribution in [0.3, 0.4) is 0 Å². The fourth-order valence-corrected chi connectivity index (χ4v) is 13.7. The molecule has 0 bridgehead atoms. The number of carbonyl (C=O) groups excluding carboxylic acids is 8. The van der Waals surface area contributed by atoms with Crippen molar-refractivity contribution in [3.8, 4) is 28.7 Å². The quantitative estimate of drug-likeness (QED) is 0.0121. The van der Waals surface area contributed by atoms with E-state index in [1.165, 1.54) is 118 Å². The van der Waals surface area contributed by atoms with E-state index in [1.807, 2.05) is 6.82 Å². The number of carboxylic acid groups (broad SMARTS) is 1. The first-order chi connectivity index (χ1) is 66.5. The fourth-order valence-electron chi connectivity index (χ4n) is 13.2. The maximum Gasteiger partial charge on any atom is 0.414 e. The molecule has 10 atom stereocenters. The van der Waals surface area contributed by atoms with E-state index in [4.69, 9.17) is 174 Å². The Morgan fingerprint density at radius 3 is 1.12 bits per heavy atom. The molecule has 5 heterocycles. The van der Waals surface area contributed by atoms with Gasteiger partial charge in [0.25, 0.3) is 0 Å². The van der Waals surface area contributed by atoms with Crippen LogP contribution >= 0.6 is 128 Å². The monoisotopic (exact) mass is 2270 g/mol. The Morgan fingerprint density at radius 2 is 0.764 bits per heavy atom. The third-order valence-electron chi connectivity index (χ3n) is 19.1. The Kier molecular flexibility index (Phi) is 53.3. The molecule has 5 aromatic carbocycles. The van der Waals surface area contributed by atoms with Gasteiger partial charge in [0.2, 0.25) is 17.3 Å². The van der Waals surface area contributed by atoms with Crippen molar-refractivity contribution in [3.05, 3.63) is 120 Å². The first-order valence-electron chi connectivity index (χ1n) is 43.4. The molecular weight excluding hydrogens is 2160 g/mol. The first-order valence-corrected chi connectivity index (χ1v) is 47.7. The molecule has 5 aromatic rings. The normalized spacial score (nSPS) is 19.0. The van der Waals surface area contributed by atoms with Crippen LogP contribution in [0.5, 0.6) is 28.7 Å². The van der Waals surface area contributed by atoms with Crippen molar-refractivity contribution < 1.29 is 149 Å². The van der Waals surface area contributed by atoms with E-state index >= 15 is 0 Å². The summed E-state index contributed by atoms with van der Waals surface area (Å²) in [4.78, 5) is 113. The van der Waals surface area contributed by atoms with Crippen molar-refractivity contribution in [2.24, 2.45) is 0 Å². The van der Waals surface area contributed by atoms with E-state index in [9.17, 15) is 87.1 Å². The van der Waals surface area contributed by atoms with Crippen LogP contribution in [0.4, 0.5) is 106 Å². The Balaban J connectivity index is 0.000000443. The molecular formula is C90H117BCl10F10N10O22S. The van der Waals surface area contributed by atoms with E-state index < -0.39 is 185 Å². The van der Waals surface area contributed by atoms with Gasteiger partial charge in [0.05, 0.1) is 109 Å². The molecule has 0 aliphatic carbocycles. The molecule has 54 heteroatoms. The van der Waals surface area contributed by atoms with E-state index in [2.05, 4.69) is 37.5 Å². The number of rotatable bonds is 20. The van der Waals surface area contributed by atoms with Gasteiger partial charge in [0.1, 0.15) is 85.2 Å². The van der Waals surface area contributed by atoms with Gasteiger partial charge >= 0.3 is 73.0 Å². The predicted octanol–water partition coefficient (Wildman–Crippen LogP) is 22.5. The average Bonchev–Trinajstić information content (AvgIpc) is 1.82. The van der Waals surface area contributed by atoms with Crippen LogP contribution in [0.2, 0.25) is 6.82 Å². The zero-order valence-corrected chi connectivity index (χ0v) is 89.9. The van der Waals surface area contributed by atoms with Gasteiger partial charge in [-0.1, -0.05) is 135 Å². The van der Waals surface area contributed by atoms with Crippen LogP contribution in [0, 0.1) is 29.1 Å². The number of alkyl halides is 14. The number of nitrogen functional groups attached to an aromatic ring is 1. The molecule has 32 nitrogen and oxygen atoms in total. The summed E-state index contributed by atoms with van der Waals surface area (Å²) < 4.78 is 193. The number of nitrogens with one attached hydrogen (secondary N) is 3. The summed E-state index contributed by atoms with van der Waals surface area (Å²) in [6.45, 7) is 20.1. The van der Waals surface area contributed by atoms with E-state index in [1.54, 1.807) is 107 Å². The summed E-state index contributed by atoms with van der Waals surface area (Å²) in [6, 6.07) is 18.3. The smallest absolute Gasteiger partial charge is 0.414 e. The molecule has 0 aromatic heterocycles. The standard InChI is InChI=1S/C20H25Cl3F2N2O5.C17H22F2N2O4.C17H24F2N2O3.C15H17Cl3F2N2O3.C10H16FNO4.C7H8FNO.C3H2Cl4O2.CH3BS/c1-19(2,3)32-18(29)26-9-12(24)8-13(26)10-27(17(28)31-11-20(21,22)23)14-6-5-7-15(30-4)16(14)25;1-17(2,3)25-16(23)21-9-10(18)8-12(21)15(22)20-11-6-5-7-13(24-4)14(11)19;1-17(2,3)24-16(22)21-10-11(18)8-12(21)9-20-13-6-5-7-14(23-4)15(13)19;1-24-12-4-2-3-11(13(12)20)22(7-10-5-9(19)6-21-10)14(23)25-8-15(16,17)18;1-10(2,3)16-9(15)12-5-6(11)4-7(12)8(13)14;1-10-6-4-2-3-5(9)7(6)8;4-2(8)9-1-3(5,6)7;1-2-3/h5-7,12-13H,8-11H2,1-4H3;5-7,10,12H,8-9H2,1-4H3,(H,20,22);5-7,11-12,20H,8-10H2,1-4H3;2-4,9-10,21H,5-8H2,1H3;6-7H,4-5H2,1-3H3,(H,13,14);2-4H,9H2,1H3;1H2;1H3/t12-,13+;10-,12+;11-,12+;9-,10+;6-,7+;;;/m11111.../s1. The van der Waals surface area contributed by atoms with Gasteiger partial charge in [-0.3, -0.25) is 24.4 Å². The van der Waals surface area contributed by atoms with Crippen LogP contribution in [0.25, 0.3) is 0 Å². The number of halogens is 20. The summed E-state index contributed by atoms with van der Waals surface area (Å²) in [5.41, 5.74) is 1.30. The van der Waals surface area contributed by atoms with Crippen LogP contribution in [-0.2, 0) is 42.7 Å². The number of hydrogen-bond donors (Lipinski definition) is 5. The Labute approximate surface area is 884 Å². The van der Waals surface area contributed by atoms with Gasteiger partial charge in [0.15, 0.2) is 57.8 Å². The van der Waals surface area contributed by atoms with Gasteiger partial charge in [-0.25, -0.2) is 82.3 Å².